The molecule has 1 atom stereocenters. The Hall–Kier alpha value is -1.01. The minimum atomic E-state index is 0. The first-order valence-electron chi connectivity index (χ1n) is 9.29. The van der Waals surface area contributed by atoms with Gasteiger partial charge in [-0.1, -0.05) is 18.2 Å². The minimum absolute atomic E-state index is 0. The number of para-hydroxylation sites is 1. The van der Waals surface area contributed by atoms with Crippen molar-refractivity contribution < 1.29 is 4.79 Å². The van der Waals surface area contributed by atoms with Gasteiger partial charge in [-0.05, 0) is 49.9 Å². The van der Waals surface area contributed by atoms with Crippen molar-refractivity contribution in [3.8, 4) is 0 Å². The maximum Gasteiger partial charge on any atom is 0.239 e. The first-order chi connectivity index (χ1) is 11.8. The normalized spacial score (nSPS) is 24.7. The number of carbonyl (C=O) groups is 1. The molecule has 5 nitrogen and oxygen atoms in total. The summed E-state index contributed by atoms with van der Waals surface area (Å²) < 4.78 is 0. The Balaban J connectivity index is 0.00000121. The number of piperidine rings is 1. The molecule has 0 aromatic heterocycles. The van der Waals surface area contributed by atoms with Gasteiger partial charge in [-0.25, -0.2) is 0 Å². The number of nitrogens with zero attached hydrogens (tertiary/aromatic N) is 2. The number of piperazine rings is 1. The topological polar surface area (TPSA) is 47.6 Å². The summed E-state index contributed by atoms with van der Waals surface area (Å²) in [6, 6.07) is 10.5. The Morgan fingerprint density at radius 3 is 2.31 bits per heavy atom. The molecule has 1 aromatic rings. The van der Waals surface area contributed by atoms with Crippen LogP contribution in [0.4, 0.5) is 5.69 Å². The maximum atomic E-state index is 12.9. The third-order valence-corrected chi connectivity index (χ3v) is 6.04. The number of nitrogens with one attached hydrogen (secondary N) is 2. The molecule has 0 aliphatic carbocycles. The van der Waals surface area contributed by atoms with Crippen LogP contribution in [0.25, 0.3) is 0 Å². The second-order valence-electron chi connectivity index (χ2n) is 7.54. The standard InChI is InChI=1S/C19H28N4O.2ClH/c24-18(17-14-19(15-21-17)6-8-20-9-7-19)23-12-10-22(11-13-23)16-4-2-1-3-5-16;;/h1-5,17,20-21H,6-15H2;2*1H. The molecular weight excluding hydrogens is 371 g/mol. The molecule has 3 fully saturated rings. The van der Waals surface area contributed by atoms with E-state index in [1.54, 1.807) is 0 Å². The molecule has 3 heterocycles. The summed E-state index contributed by atoms with van der Waals surface area (Å²) in [6.45, 7) is 6.72. The molecule has 3 aliphatic heterocycles. The van der Waals surface area contributed by atoms with E-state index < -0.39 is 0 Å². The lowest BCUT2D eigenvalue weighted by Crippen LogP contribution is -2.53. The number of amides is 1. The lowest BCUT2D eigenvalue weighted by atomic mass is 9.77. The molecule has 3 saturated heterocycles. The van der Waals surface area contributed by atoms with Gasteiger partial charge in [0.15, 0.2) is 0 Å². The predicted octanol–water partition coefficient (Wildman–Crippen LogP) is 1.91. The van der Waals surface area contributed by atoms with E-state index in [4.69, 9.17) is 0 Å². The fourth-order valence-electron chi connectivity index (χ4n) is 4.47. The fourth-order valence-corrected chi connectivity index (χ4v) is 4.47. The average molecular weight is 401 g/mol. The second-order valence-corrected chi connectivity index (χ2v) is 7.54. The highest BCUT2D eigenvalue weighted by Gasteiger charge is 2.43. The van der Waals surface area contributed by atoms with Crippen LogP contribution in [0.1, 0.15) is 19.3 Å². The highest BCUT2D eigenvalue weighted by Crippen LogP contribution is 2.37. The largest absolute Gasteiger partial charge is 0.368 e. The summed E-state index contributed by atoms with van der Waals surface area (Å²) in [5.74, 6) is 0.318. The molecule has 1 spiro atoms. The Morgan fingerprint density at radius 2 is 1.65 bits per heavy atom. The van der Waals surface area contributed by atoms with E-state index in [2.05, 4.69) is 44.7 Å². The molecule has 0 bridgehead atoms. The van der Waals surface area contributed by atoms with Gasteiger partial charge >= 0.3 is 0 Å². The number of hydrogen-bond donors (Lipinski definition) is 2. The highest BCUT2D eigenvalue weighted by molar-refractivity contribution is 5.85. The van der Waals surface area contributed by atoms with Gasteiger partial charge in [0.2, 0.25) is 5.91 Å². The molecule has 1 unspecified atom stereocenters. The van der Waals surface area contributed by atoms with Crippen molar-refractivity contribution in [3.05, 3.63) is 30.3 Å². The predicted molar refractivity (Wildman–Crippen MR) is 111 cm³/mol. The fraction of sp³-hybridized carbons (Fsp3) is 0.632. The van der Waals surface area contributed by atoms with E-state index in [-0.39, 0.29) is 30.9 Å². The Morgan fingerprint density at radius 1 is 1.00 bits per heavy atom. The molecule has 4 rings (SSSR count). The van der Waals surface area contributed by atoms with Gasteiger partial charge in [-0.3, -0.25) is 4.79 Å². The van der Waals surface area contributed by atoms with Crippen molar-refractivity contribution in [3.63, 3.8) is 0 Å². The summed E-state index contributed by atoms with van der Waals surface area (Å²) in [5.41, 5.74) is 1.62. The van der Waals surface area contributed by atoms with Crippen LogP contribution in [0.2, 0.25) is 0 Å². The van der Waals surface area contributed by atoms with Crippen molar-refractivity contribution >= 4 is 36.4 Å². The molecule has 3 aliphatic rings. The van der Waals surface area contributed by atoms with Gasteiger partial charge in [-0.2, -0.15) is 0 Å². The Labute approximate surface area is 168 Å². The van der Waals surface area contributed by atoms with Gasteiger partial charge in [0.25, 0.3) is 0 Å². The summed E-state index contributed by atoms with van der Waals surface area (Å²) >= 11 is 0. The maximum absolute atomic E-state index is 12.9. The summed E-state index contributed by atoms with van der Waals surface area (Å²) in [5, 5.41) is 6.96. The van der Waals surface area contributed by atoms with Crippen LogP contribution in [-0.4, -0.2) is 62.7 Å². The lowest BCUT2D eigenvalue weighted by molar-refractivity contribution is -0.133. The molecule has 0 saturated carbocycles. The minimum Gasteiger partial charge on any atom is -0.368 e. The van der Waals surface area contributed by atoms with Crippen molar-refractivity contribution in [2.24, 2.45) is 5.41 Å². The smallest absolute Gasteiger partial charge is 0.239 e. The van der Waals surface area contributed by atoms with Crippen LogP contribution in [0, 0.1) is 5.41 Å². The molecule has 1 amide bonds. The van der Waals surface area contributed by atoms with Crippen molar-refractivity contribution in [2.45, 2.75) is 25.3 Å². The first kappa shape index (κ1) is 21.3. The molecule has 7 heteroatoms. The zero-order valence-corrected chi connectivity index (χ0v) is 16.8. The molecule has 26 heavy (non-hydrogen) atoms. The van der Waals surface area contributed by atoms with Gasteiger partial charge in [0.05, 0.1) is 6.04 Å². The van der Waals surface area contributed by atoms with Crippen LogP contribution in [0.5, 0.6) is 0 Å². The van der Waals surface area contributed by atoms with Crippen LogP contribution in [0.15, 0.2) is 30.3 Å². The number of anilines is 1. The third kappa shape index (κ3) is 4.45. The molecular formula is C19H30Cl2N4O. The van der Waals surface area contributed by atoms with Crippen LogP contribution in [-0.2, 0) is 4.79 Å². The van der Waals surface area contributed by atoms with E-state index in [1.165, 1.54) is 18.5 Å². The first-order valence-corrected chi connectivity index (χ1v) is 9.29. The quantitative estimate of drug-likeness (QED) is 0.795. The summed E-state index contributed by atoms with van der Waals surface area (Å²) in [7, 11) is 0. The summed E-state index contributed by atoms with van der Waals surface area (Å²) in [6.07, 6.45) is 3.42. The van der Waals surface area contributed by atoms with E-state index >= 15 is 0 Å². The van der Waals surface area contributed by atoms with E-state index in [1.807, 2.05) is 6.07 Å². The number of hydrogen-bond acceptors (Lipinski definition) is 4. The van der Waals surface area contributed by atoms with E-state index in [9.17, 15) is 4.79 Å². The summed E-state index contributed by atoms with van der Waals surface area (Å²) in [4.78, 5) is 17.3. The van der Waals surface area contributed by atoms with Crippen LogP contribution >= 0.6 is 24.8 Å². The number of halogens is 2. The van der Waals surface area contributed by atoms with E-state index in [0.717, 1.165) is 52.2 Å². The molecule has 1 aromatic carbocycles. The number of rotatable bonds is 2. The number of benzene rings is 1. The monoisotopic (exact) mass is 400 g/mol. The highest BCUT2D eigenvalue weighted by atomic mass is 35.5. The zero-order valence-electron chi connectivity index (χ0n) is 15.2. The van der Waals surface area contributed by atoms with Gasteiger partial charge < -0.3 is 20.4 Å². The SMILES string of the molecule is Cl.Cl.O=C(C1CC2(CCNCC2)CN1)N1CCN(c2ccccc2)CC1. The molecule has 146 valence electrons. The average Bonchev–Trinajstić information content (AvgIpc) is 3.06. The van der Waals surface area contributed by atoms with Crippen LogP contribution in [0.3, 0.4) is 0 Å². The van der Waals surface area contributed by atoms with Gasteiger partial charge in [0, 0.05) is 38.4 Å². The van der Waals surface area contributed by atoms with Crippen molar-refractivity contribution in [2.75, 3.05) is 50.7 Å². The molecule has 0 radical (unpaired) electrons. The third-order valence-electron chi connectivity index (χ3n) is 6.04. The zero-order chi connectivity index (χ0) is 16.4. The van der Waals surface area contributed by atoms with Gasteiger partial charge in [0.1, 0.15) is 0 Å². The van der Waals surface area contributed by atoms with Crippen molar-refractivity contribution in [1.82, 2.24) is 15.5 Å². The molecule has 2 N–H and O–H groups in total. The second kappa shape index (κ2) is 9.27. The van der Waals surface area contributed by atoms with Gasteiger partial charge in [-0.15, -0.1) is 24.8 Å². The Kier molecular flexibility index (Phi) is 7.59. The van der Waals surface area contributed by atoms with Crippen LogP contribution < -0.4 is 15.5 Å². The Bertz CT molecular complexity index is 572. The lowest BCUT2D eigenvalue weighted by Gasteiger charge is -2.37. The number of carbonyl (C=O) groups excluding carboxylic acids is 1. The van der Waals surface area contributed by atoms with Crippen molar-refractivity contribution in [1.29, 1.82) is 0 Å². The van der Waals surface area contributed by atoms with E-state index in [0.29, 0.717) is 11.3 Å².